The smallest absolute Gasteiger partial charge is 0.0965 e. The van der Waals surface area contributed by atoms with Crippen molar-refractivity contribution in [3.8, 4) is 0 Å². The number of hydrogen-bond donors (Lipinski definition) is 0. The quantitative estimate of drug-likeness (QED) is 0.502. The van der Waals surface area contributed by atoms with Crippen molar-refractivity contribution in [3.63, 3.8) is 0 Å². The third-order valence-corrected chi connectivity index (χ3v) is 2.80. The Hall–Kier alpha value is -1.18. The molecule has 0 aromatic heterocycles. The predicted octanol–water partition coefficient (Wildman–Crippen LogP) is 3.81. The molecule has 1 aliphatic rings. The summed E-state index contributed by atoms with van der Waals surface area (Å²) in [5.41, 5.74) is 0.147. The van der Waals surface area contributed by atoms with Crippen LogP contribution in [0.15, 0.2) is 36.8 Å². The Morgan fingerprint density at radius 3 is 2.12 bits per heavy atom. The zero-order chi connectivity index (χ0) is 11.7. The summed E-state index contributed by atoms with van der Waals surface area (Å²) in [5.74, 6) is 0. The molecule has 0 spiro atoms. The molecular formula is C14H22O2. The maximum atomic E-state index is 5.54. The van der Waals surface area contributed by atoms with Crippen LogP contribution in [0.25, 0.3) is 0 Å². The lowest BCUT2D eigenvalue weighted by Gasteiger charge is -2.33. The van der Waals surface area contributed by atoms with Gasteiger partial charge in [-0.3, -0.25) is 0 Å². The van der Waals surface area contributed by atoms with Crippen LogP contribution in [-0.4, -0.2) is 13.2 Å². The molecule has 0 N–H and O–H groups in total. The molecule has 0 saturated heterocycles. The van der Waals surface area contributed by atoms with Crippen LogP contribution in [0.2, 0.25) is 0 Å². The minimum atomic E-state index is 0.147. The lowest BCUT2D eigenvalue weighted by atomic mass is 9.78. The molecule has 90 valence electrons. The minimum Gasteiger partial charge on any atom is -0.501 e. The van der Waals surface area contributed by atoms with E-state index in [2.05, 4.69) is 12.2 Å². The number of allylic oxidation sites excluding steroid dienone is 4. The van der Waals surface area contributed by atoms with E-state index in [0.29, 0.717) is 0 Å². The van der Waals surface area contributed by atoms with Gasteiger partial charge in [0, 0.05) is 5.41 Å². The topological polar surface area (TPSA) is 18.5 Å². The third kappa shape index (κ3) is 4.13. The molecule has 0 aromatic carbocycles. The predicted molar refractivity (Wildman–Crippen MR) is 67.0 cm³/mol. The van der Waals surface area contributed by atoms with Gasteiger partial charge in [-0.15, -0.1) is 0 Å². The van der Waals surface area contributed by atoms with Crippen molar-refractivity contribution >= 4 is 0 Å². The third-order valence-electron chi connectivity index (χ3n) is 2.80. The molecule has 0 aliphatic heterocycles. The van der Waals surface area contributed by atoms with Crippen LogP contribution in [0.5, 0.6) is 0 Å². The highest BCUT2D eigenvalue weighted by atomic mass is 16.5. The van der Waals surface area contributed by atoms with E-state index < -0.39 is 0 Å². The molecule has 0 heterocycles. The van der Waals surface area contributed by atoms with Crippen molar-refractivity contribution in [2.45, 2.75) is 33.1 Å². The van der Waals surface area contributed by atoms with Crippen LogP contribution < -0.4 is 0 Å². The maximum absolute atomic E-state index is 5.54. The highest BCUT2D eigenvalue weighted by Crippen LogP contribution is 2.33. The molecule has 2 heteroatoms. The summed E-state index contributed by atoms with van der Waals surface area (Å²) in [6, 6.07) is 0. The fourth-order valence-electron chi connectivity index (χ4n) is 1.89. The van der Waals surface area contributed by atoms with Gasteiger partial charge in [0.2, 0.25) is 0 Å². The second kappa shape index (κ2) is 7.15. The van der Waals surface area contributed by atoms with Gasteiger partial charge in [-0.2, -0.15) is 0 Å². The van der Waals surface area contributed by atoms with Crippen LogP contribution in [-0.2, 0) is 9.47 Å². The number of hydrogen-bond acceptors (Lipinski definition) is 2. The van der Waals surface area contributed by atoms with E-state index in [1.807, 2.05) is 26.0 Å². The monoisotopic (exact) mass is 222 g/mol. The molecule has 1 rings (SSSR count). The standard InChI is InChI=1S/C14H22O2/c1-3-10-15-12-14(13-16-11-4-2)8-6-5-7-9-14/h3-6,10-11H,7-9,12-13H2,1-2H3. The van der Waals surface area contributed by atoms with Gasteiger partial charge in [0.25, 0.3) is 0 Å². The Bertz CT molecular complexity index is 248. The summed E-state index contributed by atoms with van der Waals surface area (Å²) in [5, 5.41) is 0. The van der Waals surface area contributed by atoms with Gasteiger partial charge in [0.1, 0.15) is 0 Å². The van der Waals surface area contributed by atoms with Gasteiger partial charge >= 0.3 is 0 Å². The summed E-state index contributed by atoms with van der Waals surface area (Å²) in [6.45, 7) is 5.39. The first-order chi connectivity index (χ1) is 7.83. The lowest BCUT2D eigenvalue weighted by Crippen LogP contribution is -2.32. The summed E-state index contributed by atoms with van der Waals surface area (Å²) in [7, 11) is 0. The van der Waals surface area contributed by atoms with Crippen LogP contribution in [0.3, 0.4) is 0 Å². The normalized spacial score (nSPS) is 25.4. The first-order valence-electron chi connectivity index (χ1n) is 5.93. The molecule has 0 amide bonds. The molecule has 0 bridgehead atoms. The van der Waals surface area contributed by atoms with Gasteiger partial charge in [0.15, 0.2) is 0 Å². The van der Waals surface area contributed by atoms with Gasteiger partial charge in [0.05, 0.1) is 25.7 Å². The van der Waals surface area contributed by atoms with Crippen molar-refractivity contribution in [2.24, 2.45) is 5.41 Å². The van der Waals surface area contributed by atoms with E-state index in [4.69, 9.17) is 9.47 Å². The van der Waals surface area contributed by atoms with E-state index in [-0.39, 0.29) is 5.41 Å². The van der Waals surface area contributed by atoms with Crippen molar-refractivity contribution in [1.29, 1.82) is 0 Å². The van der Waals surface area contributed by atoms with Crippen LogP contribution in [0.1, 0.15) is 33.1 Å². The highest BCUT2D eigenvalue weighted by Gasteiger charge is 2.31. The summed E-state index contributed by atoms with van der Waals surface area (Å²) < 4.78 is 11.1. The molecular weight excluding hydrogens is 200 g/mol. The molecule has 0 radical (unpaired) electrons. The lowest BCUT2D eigenvalue weighted by molar-refractivity contribution is 0.0312. The Balaban J connectivity index is 2.49. The van der Waals surface area contributed by atoms with Crippen LogP contribution in [0, 0.1) is 5.41 Å². The van der Waals surface area contributed by atoms with Gasteiger partial charge in [-0.05, 0) is 33.1 Å². The average Bonchev–Trinajstić information content (AvgIpc) is 2.31. The van der Waals surface area contributed by atoms with E-state index in [1.165, 1.54) is 0 Å². The highest BCUT2D eigenvalue weighted by molar-refractivity contribution is 4.98. The van der Waals surface area contributed by atoms with Gasteiger partial charge < -0.3 is 9.47 Å². The maximum Gasteiger partial charge on any atom is 0.0965 e. The number of ether oxygens (including phenoxy) is 2. The van der Waals surface area contributed by atoms with Crippen molar-refractivity contribution in [1.82, 2.24) is 0 Å². The Morgan fingerprint density at radius 2 is 1.69 bits per heavy atom. The van der Waals surface area contributed by atoms with Gasteiger partial charge in [-0.1, -0.05) is 24.3 Å². The molecule has 16 heavy (non-hydrogen) atoms. The first-order valence-corrected chi connectivity index (χ1v) is 5.93. The number of rotatable bonds is 6. The summed E-state index contributed by atoms with van der Waals surface area (Å²) >= 11 is 0. The fraction of sp³-hybridized carbons (Fsp3) is 0.571. The van der Waals surface area contributed by atoms with Crippen molar-refractivity contribution in [3.05, 3.63) is 36.8 Å². The minimum absolute atomic E-state index is 0.147. The average molecular weight is 222 g/mol. The second-order valence-electron chi connectivity index (χ2n) is 4.28. The van der Waals surface area contributed by atoms with E-state index in [1.54, 1.807) is 12.5 Å². The first kappa shape index (κ1) is 12.9. The van der Waals surface area contributed by atoms with Gasteiger partial charge in [-0.25, -0.2) is 0 Å². The second-order valence-corrected chi connectivity index (χ2v) is 4.28. The Kier molecular flexibility index (Phi) is 5.76. The summed E-state index contributed by atoms with van der Waals surface area (Å²) in [6.07, 6.45) is 15.1. The molecule has 1 aliphatic carbocycles. The molecule has 0 unspecified atom stereocenters. The molecule has 2 nitrogen and oxygen atoms in total. The molecule has 0 aromatic rings. The van der Waals surface area contributed by atoms with E-state index >= 15 is 0 Å². The Morgan fingerprint density at radius 1 is 1.06 bits per heavy atom. The Labute approximate surface area is 98.6 Å². The van der Waals surface area contributed by atoms with E-state index in [9.17, 15) is 0 Å². The van der Waals surface area contributed by atoms with Crippen molar-refractivity contribution in [2.75, 3.05) is 13.2 Å². The van der Waals surface area contributed by atoms with Crippen LogP contribution in [0.4, 0.5) is 0 Å². The van der Waals surface area contributed by atoms with E-state index in [0.717, 1.165) is 32.5 Å². The summed E-state index contributed by atoms with van der Waals surface area (Å²) in [4.78, 5) is 0. The molecule has 0 atom stereocenters. The fourth-order valence-corrected chi connectivity index (χ4v) is 1.89. The SMILES string of the molecule is CC=COCC1(COC=CC)CC=CCC1. The van der Waals surface area contributed by atoms with Crippen molar-refractivity contribution < 1.29 is 9.47 Å². The molecule has 0 saturated carbocycles. The largest absolute Gasteiger partial charge is 0.501 e. The van der Waals surface area contributed by atoms with Crippen LogP contribution >= 0.6 is 0 Å². The molecule has 0 fully saturated rings. The zero-order valence-corrected chi connectivity index (χ0v) is 10.3. The zero-order valence-electron chi connectivity index (χ0n) is 10.3.